The number of rotatable bonds is 0. The van der Waals surface area contributed by atoms with Gasteiger partial charge in [0.15, 0.2) is 0 Å². The predicted octanol–water partition coefficient (Wildman–Crippen LogP) is 2.65. The summed E-state index contributed by atoms with van der Waals surface area (Å²) in [5.41, 5.74) is 2.39. The second-order valence-electron chi connectivity index (χ2n) is 2.98. The highest BCUT2D eigenvalue weighted by Crippen LogP contribution is 2.20. The van der Waals surface area contributed by atoms with Crippen LogP contribution in [-0.4, -0.2) is 9.97 Å². The summed E-state index contributed by atoms with van der Waals surface area (Å²) >= 11 is 0. The molecule has 0 aliphatic carbocycles. The van der Waals surface area contributed by atoms with Gasteiger partial charge in [-0.05, 0) is 24.3 Å². The second kappa shape index (κ2) is 1.91. The number of hydrogen-bond acceptors (Lipinski definition) is 0. The highest BCUT2D eigenvalue weighted by molar-refractivity contribution is 5.95. The van der Waals surface area contributed by atoms with Crippen molar-refractivity contribution in [2.24, 2.45) is 0 Å². The molecule has 0 fully saturated rings. The quantitative estimate of drug-likeness (QED) is 0.501. The van der Waals surface area contributed by atoms with E-state index in [1.165, 1.54) is 21.8 Å². The molecule has 0 saturated heterocycles. The molecule has 2 heteroatoms. The van der Waals surface area contributed by atoms with E-state index >= 15 is 0 Å². The maximum Gasteiger partial charge on any atom is 0.0461 e. The van der Waals surface area contributed by atoms with Gasteiger partial charge in [0.05, 0.1) is 0 Å². The van der Waals surface area contributed by atoms with Crippen LogP contribution < -0.4 is 0 Å². The van der Waals surface area contributed by atoms with Crippen molar-refractivity contribution in [1.82, 2.24) is 9.97 Å². The normalized spacial score (nSPS) is 11.3. The van der Waals surface area contributed by atoms with E-state index in [1.807, 2.05) is 12.4 Å². The molecular weight excluding hydrogens is 148 g/mol. The molecule has 3 rings (SSSR count). The largest absolute Gasteiger partial charge is 0.361 e. The Morgan fingerprint density at radius 2 is 1.25 bits per heavy atom. The van der Waals surface area contributed by atoms with Crippen LogP contribution in [0.4, 0.5) is 0 Å². The number of hydrogen-bond donors (Lipinski definition) is 2. The van der Waals surface area contributed by atoms with E-state index in [4.69, 9.17) is 0 Å². The van der Waals surface area contributed by atoms with Crippen LogP contribution in [0, 0.1) is 0 Å². The van der Waals surface area contributed by atoms with Gasteiger partial charge in [0.1, 0.15) is 0 Å². The van der Waals surface area contributed by atoms with Crippen molar-refractivity contribution in [3.05, 3.63) is 36.7 Å². The highest BCUT2D eigenvalue weighted by atomic mass is 14.7. The van der Waals surface area contributed by atoms with Crippen LogP contribution in [0.3, 0.4) is 0 Å². The van der Waals surface area contributed by atoms with Crippen LogP contribution in [0.15, 0.2) is 36.7 Å². The fourth-order valence-corrected chi connectivity index (χ4v) is 1.60. The summed E-state index contributed by atoms with van der Waals surface area (Å²) < 4.78 is 0. The molecule has 0 unspecified atom stereocenters. The molecular formula is C10H8N2. The third-order valence-corrected chi connectivity index (χ3v) is 2.23. The molecule has 58 valence electrons. The number of aromatic nitrogens is 2. The maximum absolute atomic E-state index is 3.19. The number of nitrogens with one attached hydrogen (secondary N) is 2. The van der Waals surface area contributed by atoms with Crippen molar-refractivity contribution >= 4 is 21.8 Å². The minimum atomic E-state index is 1.20. The standard InChI is InChI=1S/C10H8N2/c1-3-11-9-6-8-2-4-12-10(8)5-7(1)9/h1-6,11-12H. The highest BCUT2D eigenvalue weighted by Gasteiger charge is 1.97. The molecule has 2 heterocycles. The lowest BCUT2D eigenvalue weighted by Gasteiger charge is -1.90. The first kappa shape index (κ1) is 5.89. The molecule has 0 spiro atoms. The van der Waals surface area contributed by atoms with Crippen molar-refractivity contribution < 1.29 is 0 Å². The third kappa shape index (κ3) is 0.639. The molecule has 0 radical (unpaired) electrons. The Hall–Kier alpha value is -1.70. The van der Waals surface area contributed by atoms with Crippen LogP contribution in [-0.2, 0) is 0 Å². The van der Waals surface area contributed by atoms with E-state index in [9.17, 15) is 0 Å². The fraction of sp³-hybridized carbons (Fsp3) is 0. The molecule has 0 aliphatic rings. The average molecular weight is 156 g/mol. The number of fused-ring (bicyclic) bond motifs is 2. The van der Waals surface area contributed by atoms with Gasteiger partial charge in [-0.3, -0.25) is 0 Å². The third-order valence-electron chi connectivity index (χ3n) is 2.23. The van der Waals surface area contributed by atoms with E-state index in [2.05, 4.69) is 34.2 Å². The lowest BCUT2D eigenvalue weighted by molar-refractivity contribution is 1.48. The summed E-state index contributed by atoms with van der Waals surface area (Å²) in [5.74, 6) is 0. The first-order chi connectivity index (χ1) is 5.93. The van der Waals surface area contributed by atoms with Gasteiger partial charge >= 0.3 is 0 Å². The minimum Gasteiger partial charge on any atom is -0.361 e. The Labute approximate surface area is 69.2 Å². The van der Waals surface area contributed by atoms with Gasteiger partial charge in [0, 0.05) is 34.2 Å². The average Bonchev–Trinajstić information content (AvgIpc) is 2.64. The Bertz CT molecular complexity index is 440. The van der Waals surface area contributed by atoms with Crippen LogP contribution in [0.1, 0.15) is 0 Å². The molecule has 1 aromatic carbocycles. The Balaban J connectivity index is 2.62. The van der Waals surface area contributed by atoms with Gasteiger partial charge in [-0.15, -0.1) is 0 Å². The van der Waals surface area contributed by atoms with Gasteiger partial charge in [-0.25, -0.2) is 0 Å². The van der Waals surface area contributed by atoms with Crippen molar-refractivity contribution in [2.75, 3.05) is 0 Å². The molecule has 2 nitrogen and oxygen atoms in total. The molecule has 0 saturated carbocycles. The summed E-state index contributed by atoms with van der Waals surface area (Å²) in [7, 11) is 0. The first-order valence-electron chi connectivity index (χ1n) is 3.98. The molecule has 0 bridgehead atoms. The summed E-state index contributed by atoms with van der Waals surface area (Å²) in [5, 5.41) is 2.51. The zero-order valence-electron chi connectivity index (χ0n) is 6.46. The summed E-state index contributed by atoms with van der Waals surface area (Å²) in [4.78, 5) is 6.38. The Morgan fingerprint density at radius 3 is 1.75 bits per heavy atom. The van der Waals surface area contributed by atoms with Crippen LogP contribution in [0.25, 0.3) is 21.8 Å². The molecule has 0 aliphatic heterocycles. The zero-order valence-corrected chi connectivity index (χ0v) is 6.46. The van der Waals surface area contributed by atoms with Crippen molar-refractivity contribution in [3.8, 4) is 0 Å². The van der Waals surface area contributed by atoms with Gasteiger partial charge in [-0.2, -0.15) is 0 Å². The smallest absolute Gasteiger partial charge is 0.0461 e. The summed E-state index contributed by atoms with van der Waals surface area (Å²) in [6, 6.07) is 8.47. The molecule has 2 N–H and O–H groups in total. The van der Waals surface area contributed by atoms with E-state index in [-0.39, 0.29) is 0 Å². The van der Waals surface area contributed by atoms with Crippen molar-refractivity contribution in [3.63, 3.8) is 0 Å². The Kier molecular flexibility index (Phi) is 0.939. The fourth-order valence-electron chi connectivity index (χ4n) is 1.60. The monoisotopic (exact) mass is 156 g/mol. The second-order valence-corrected chi connectivity index (χ2v) is 2.98. The minimum absolute atomic E-state index is 1.20. The van der Waals surface area contributed by atoms with E-state index in [0.717, 1.165) is 0 Å². The lowest BCUT2D eigenvalue weighted by Crippen LogP contribution is -1.68. The number of H-pyrrole nitrogens is 2. The SMILES string of the molecule is c1cc2cc3[nH]ccc3cc2[nH]1. The van der Waals surface area contributed by atoms with E-state index in [0.29, 0.717) is 0 Å². The zero-order chi connectivity index (χ0) is 7.97. The van der Waals surface area contributed by atoms with Crippen LogP contribution in [0.2, 0.25) is 0 Å². The lowest BCUT2D eigenvalue weighted by atomic mass is 10.2. The van der Waals surface area contributed by atoms with E-state index in [1.54, 1.807) is 0 Å². The molecule has 3 aromatic rings. The van der Waals surface area contributed by atoms with Crippen molar-refractivity contribution in [1.29, 1.82) is 0 Å². The van der Waals surface area contributed by atoms with E-state index < -0.39 is 0 Å². The molecule has 2 aromatic heterocycles. The van der Waals surface area contributed by atoms with Crippen LogP contribution in [0.5, 0.6) is 0 Å². The summed E-state index contributed by atoms with van der Waals surface area (Å²) in [6.45, 7) is 0. The topological polar surface area (TPSA) is 31.6 Å². The Morgan fingerprint density at radius 1 is 0.750 bits per heavy atom. The van der Waals surface area contributed by atoms with Gasteiger partial charge in [0.25, 0.3) is 0 Å². The maximum atomic E-state index is 3.19. The molecule has 0 atom stereocenters. The van der Waals surface area contributed by atoms with Gasteiger partial charge < -0.3 is 9.97 Å². The van der Waals surface area contributed by atoms with Gasteiger partial charge in [0.2, 0.25) is 0 Å². The number of aromatic amines is 2. The first-order valence-corrected chi connectivity index (χ1v) is 3.98. The van der Waals surface area contributed by atoms with Crippen LogP contribution >= 0.6 is 0 Å². The molecule has 0 amide bonds. The number of benzene rings is 1. The predicted molar refractivity (Wildman–Crippen MR) is 50.2 cm³/mol. The molecule has 12 heavy (non-hydrogen) atoms. The van der Waals surface area contributed by atoms with Crippen molar-refractivity contribution in [2.45, 2.75) is 0 Å². The summed E-state index contributed by atoms with van der Waals surface area (Å²) in [6.07, 6.45) is 3.92. The van der Waals surface area contributed by atoms with Gasteiger partial charge in [-0.1, -0.05) is 0 Å².